The molecule has 2 aromatic heterocycles. The third-order valence-electron chi connectivity index (χ3n) is 7.36. The molecule has 6 rings (SSSR count). The standard InChI is InChI=1S/C28H29N5O2S/c1-19-6-5-9-22(14-19)33-26-24(17-29-33)27(35)32-23(18-36-28(32)30-26)16-25(34)31-12-10-21(11-13-31)15-20-7-3-2-4-8-20/h2-9,14,17,21,23H,10-13,15-16,18H2,1H3. The first kappa shape index (κ1) is 23.0. The molecule has 0 saturated carbocycles. The fourth-order valence-electron chi connectivity index (χ4n) is 5.39. The van der Waals surface area contributed by atoms with E-state index >= 15 is 0 Å². The van der Waals surface area contributed by atoms with Gasteiger partial charge in [0.1, 0.15) is 5.39 Å². The van der Waals surface area contributed by atoms with Crippen LogP contribution in [0.5, 0.6) is 0 Å². The van der Waals surface area contributed by atoms with Gasteiger partial charge in [0.25, 0.3) is 5.56 Å². The molecule has 4 aromatic rings. The van der Waals surface area contributed by atoms with Crippen molar-refractivity contribution in [1.29, 1.82) is 0 Å². The molecule has 1 unspecified atom stereocenters. The molecule has 1 saturated heterocycles. The number of piperidine rings is 1. The van der Waals surface area contributed by atoms with Gasteiger partial charge in [-0.05, 0) is 55.4 Å². The third-order valence-corrected chi connectivity index (χ3v) is 8.46. The summed E-state index contributed by atoms with van der Waals surface area (Å²) in [7, 11) is 0. The smallest absolute Gasteiger partial charge is 0.265 e. The van der Waals surface area contributed by atoms with Crippen LogP contribution in [0, 0.1) is 12.8 Å². The molecule has 4 heterocycles. The van der Waals surface area contributed by atoms with Gasteiger partial charge in [0, 0.05) is 25.3 Å². The zero-order valence-corrected chi connectivity index (χ0v) is 21.2. The number of hydrogen-bond donors (Lipinski definition) is 0. The first-order valence-corrected chi connectivity index (χ1v) is 13.6. The molecule has 2 aliphatic heterocycles. The summed E-state index contributed by atoms with van der Waals surface area (Å²) in [6.45, 7) is 3.61. The van der Waals surface area contributed by atoms with Crippen molar-refractivity contribution in [3.8, 4) is 5.69 Å². The summed E-state index contributed by atoms with van der Waals surface area (Å²) < 4.78 is 3.44. The molecule has 0 bridgehead atoms. The fraction of sp³-hybridized carbons (Fsp3) is 0.357. The Balaban J connectivity index is 1.16. The summed E-state index contributed by atoms with van der Waals surface area (Å²) in [5.41, 5.74) is 3.82. The molecule has 0 aliphatic carbocycles. The van der Waals surface area contributed by atoms with Gasteiger partial charge >= 0.3 is 0 Å². The number of carbonyl (C=O) groups is 1. The van der Waals surface area contributed by atoms with Crippen LogP contribution in [0.15, 0.2) is 70.7 Å². The Morgan fingerprint density at radius 2 is 1.89 bits per heavy atom. The van der Waals surface area contributed by atoms with Gasteiger partial charge in [-0.3, -0.25) is 14.2 Å². The van der Waals surface area contributed by atoms with Crippen molar-refractivity contribution in [2.24, 2.45) is 5.92 Å². The highest BCUT2D eigenvalue weighted by molar-refractivity contribution is 7.99. The Kier molecular flexibility index (Phi) is 6.13. The molecule has 7 nitrogen and oxygen atoms in total. The number of aromatic nitrogens is 4. The Morgan fingerprint density at radius 3 is 2.67 bits per heavy atom. The van der Waals surface area contributed by atoms with Gasteiger partial charge in [0.2, 0.25) is 5.91 Å². The zero-order valence-electron chi connectivity index (χ0n) is 20.3. The molecule has 1 amide bonds. The number of likely N-dealkylation sites (tertiary alicyclic amines) is 1. The lowest BCUT2D eigenvalue weighted by atomic mass is 9.90. The van der Waals surface area contributed by atoms with E-state index < -0.39 is 0 Å². The van der Waals surface area contributed by atoms with Gasteiger partial charge in [0.15, 0.2) is 10.8 Å². The predicted molar refractivity (Wildman–Crippen MR) is 142 cm³/mol. The predicted octanol–water partition coefficient (Wildman–Crippen LogP) is 4.41. The Labute approximate surface area is 214 Å². The van der Waals surface area contributed by atoms with E-state index in [4.69, 9.17) is 4.98 Å². The molecule has 0 N–H and O–H groups in total. The van der Waals surface area contributed by atoms with Crippen LogP contribution in [0.1, 0.15) is 36.4 Å². The lowest BCUT2D eigenvalue weighted by Crippen LogP contribution is -2.40. The second kappa shape index (κ2) is 9.58. The number of hydrogen-bond acceptors (Lipinski definition) is 5. The van der Waals surface area contributed by atoms with Crippen LogP contribution in [-0.4, -0.2) is 49.0 Å². The van der Waals surface area contributed by atoms with Gasteiger partial charge in [0.05, 0.1) is 17.9 Å². The van der Waals surface area contributed by atoms with E-state index in [1.54, 1.807) is 27.2 Å². The zero-order chi connectivity index (χ0) is 24.6. The second-order valence-electron chi connectivity index (χ2n) is 9.89. The lowest BCUT2D eigenvalue weighted by Gasteiger charge is -2.33. The highest BCUT2D eigenvalue weighted by atomic mass is 32.2. The maximum Gasteiger partial charge on any atom is 0.265 e. The van der Waals surface area contributed by atoms with Crippen LogP contribution < -0.4 is 5.56 Å². The summed E-state index contributed by atoms with van der Waals surface area (Å²) in [5.74, 6) is 1.43. The van der Waals surface area contributed by atoms with Crippen LogP contribution in [0.3, 0.4) is 0 Å². The van der Waals surface area contributed by atoms with Crippen molar-refractivity contribution >= 4 is 28.7 Å². The molecular formula is C28H29N5O2S. The highest BCUT2D eigenvalue weighted by Crippen LogP contribution is 2.34. The number of rotatable bonds is 5. The molecule has 2 aromatic carbocycles. The van der Waals surface area contributed by atoms with Crippen molar-refractivity contribution in [1.82, 2.24) is 24.2 Å². The van der Waals surface area contributed by atoms with Crippen LogP contribution in [0.25, 0.3) is 16.7 Å². The number of benzene rings is 2. The minimum Gasteiger partial charge on any atom is -0.343 e. The summed E-state index contributed by atoms with van der Waals surface area (Å²) in [4.78, 5) is 33.4. The van der Waals surface area contributed by atoms with Crippen molar-refractivity contribution in [3.05, 3.63) is 82.3 Å². The van der Waals surface area contributed by atoms with E-state index in [0.29, 0.717) is 34.3 Å². The molecule has 8 heteroatoms. The van der Waals surface area contributed by atoms with Crippen molar-refractivity contribution < 1.29 is 4.79 Å². The second-order valence-corrected chi connectivity index (χ2v) is 10.9. The SMILES string of the molecule is Cc1cccc(-n2ncc3c(=O)n4c(nc32)SCC4CC(=O)N2CCC(Cc3ccccc3)CC2)c1. The largest absolute Gasteiger partial charge is 0.343 e. The summed E-state index contributed by atoms with van der Waals surface area (Å²) in [6.07, 6.45) is 5.05. The third kappa shape index (κ3) is 4.34. The summed E-state index contributed by atoms with van der Waals surface area (Å²) in [5, 5.41) is 5.62. The van der Waals surface area contributed by atoms with Crippen LogP contribution >= 0.6 is 11.8 Å². The average molecular weight is 500 g/mol. The number of aryl methyl sites for hydroxylation is 1. The number of fused-ring (bicyclic) bond motifs is 2. The minimum absolute atomic E-state index is 0.113. The fourth-order valence-corrected chi connectivity index (χ4v) is 6.52. The molecule has 36 heavy (non-hydrogen) atoms. The minimum atomic E-state index is -0.175. The van der Waals surface area contributed by atoms with E-state index in [2.05, 4.69) is 29.4 Å². The maximum atomic E-state index is 13.4. The van der Waals surface area contributed by atoms with Crippen LogP contribution in [0.2, 0.25) is 0 Å². The van der Waals surface area contributed by atoms with E-state index in [-0.39, 0.29) is 17.5 Å². The van der Waals surface area contributed by atoms with Crippen molar-refractivity contribution in [3.63, 3.8) is 0 Å². The van der Waals surface area contributed by atoms with Gasteiger partial charge in [-0.1, -0.05) is 54.2 Å². The molecule has 0 radical (unpaired) electrons. The molecular weight excluding hydrogens is 470 g/mol. The quantitative estimate of drug-likeness (QED) is 0.381. The molecule has 184 valence electrons. The summed E-state index contributed by atoms with van der Waals surface area (Å²) in [6, 6.07) is 18.4. The highest BCUT2D eigenvalue weighted by Gasteiger charge is 2.32. The summed E-state index contributed by atoms with van der Waals surface area (Å²) >= 11 is 1.55. The van der Waals surface area contributed by atoms with Gasteiger partial charge in [-0.25, -0.2) is 9.67 Å². The normalized spacial score (nSPS) is 18.0. The van der Waals surface area contributed by atoms with Gasteiger partial charge in [-0.15, -0.1) is 0 Å². The first-order chi connectivity index (χ1) is 17.6. The topological polar surface area (TPSA) is 73.0 Å². The van der Waals surface area contributed by atoms with Crippen molar-refractivity contribution in [2.75, 3.05) is 18.8 Å². The van der Waals surface area contributed by atoms with E-state index in [0.717, 1.165) is 43.6 Å². The lowest BCUT2D eigenvalue weighted by molar-refractivity contribution is -0.133. The number of thioether (sulfide) groups is 1. The Hall–Kier alpha value is -3.39. The molecule has 1 fully saturated rings. The number of nitrogens with zero attached hydrogens (tertiary/aromatic N) is 5. The maximum absolute atomic E-state index is 13.4. The number of carbonyl (C=O) groups excluding carboxylic acids is 1. The molecule has 0 spiro atoms. The van der Waals surface area contributed by atoms with E-state index in [1.165, 1.54) is 5.56 Å². The monoisotopic (exact) mass is 499 g/mol. The average Bonchev–Trinajstić information content (AvgIpc) is 3.50. The van der Waals surface area contributed by atoms with E-state index in [9.17, 15) is 9.59 Å². The van der Waals surface area contributed by atoms with E-state index in [1.807, 2.05) is 42.2 Å². The Morgan fingerprint density at radius 1 is 1.08 bits per heavy atom. The van der Waals surface area contributed by atoms with Crippen molar-refractivity contribution in [2.45, 2.75) is 43.8 Å². The molecule has 2 aliphatic rings. The molecule has 1 atom stereocenters. The van der Waals surface area contributed by atoms with Crippen LogP contribution in [0.4, 0.5) is 0 Å². The first-order valence-electron chi connectivity index (χ1n) is 12.6. The number of amides is 1. The van der Waals surface area contributed by atoms with Gasteiger partial charge in [-0.2, -0.15) is 5.10 Å². The Bertz CT molecular complexity index is 1470. The van der Waals surface area contributed by atoms with Gasteiger partial charge < -0.3 is 4.90 Å². The van der Waals surface area contributed by atoms with Crippen LogP contribution in [-0.2, 0) is 11.2 Å².